The Bertz CT molecular complexity index is 866. The molecule has 0 aromatic heterocycles. The van der Waals surface area contributed by atoms with Crippen LogP contribution < -0.4 is 4.90 Å². The van der Waals surface area contributed by atoms with Crippen LogP contribution in [0.5, 0.6) is 0 Å². The molecule has 162 valence electrons. The van der Waals surface area contributed by atoms with Crippen LogP contribution in [0, 0.1) is 5.92 Å². The van der Waals surface area contributed by atoms with E-state index in [0.29, 0.717) is 18.2 Å². The van der Waals surface area contributed by atoms with Crippen LogP contribution in [-0.2, 0) is 6.18 Å². The SMILES string of the molecule is OCCN1CCC(CCCN2c3ccccc3Sc3ccc(C(F)(F)F)cc32)CC1. The topological polar surface area (TPSA) is 26.7 Å². The molecule has 0 aliphatic carbocycles. The predicted octanol–water partition coefficient (Wildman–Crippen LogP) is 5.79. The smallest absolute Gasteiger partial charge is 0.395 e. The number of benzene rings is 2. The Labute approximate surface area is 179 Å². The van der Waals surface area contributed by atoms with Gasteiger partial charge in [-0.25, -0.2) is 0 Å². The molecule has 0 spiro atoms. The minimum absolute atomic E-state index is 0.205. The second-order valence-corrected chi connectivity index (χ2v) is 9.14. The molecule has 2 aliphatic rings. The normalized spacial score (nSPS) is 17.7. The number of nitrogens with zero attached hydrogens (tertiary/aromatic N) is 2. The third kappa shape index (κ3) is 4.79. The van der Waals surface area contributed by atoms with Gasteiger partial charge < -0.3 is 14.9 Å². The number of piperidine rings is 1. The molecular weight excluding hydrogens is 409 g/mol. The fourth-order valence-electron chi connectivity index (χ4n) is 4.42. The lowest BCUT2D eigenvalue weighted by atomic mass is 9.92. The molecule has 0 unspecified atom stereocenters. The van der Waals surface area contributed by atoms with E-state index >= 15 is 0 Å². The summed E-state index contributed by atoms with van der Waals surface area (Å²) in [5, 5.41) is 9.08. The minimum atomic E-state index is -4.34. The molecule has 0 radical (unpaired) electrons. The number of rotatable bonds is 6. The average Bonchev–Trinajstić information content (AvgIpc) is 2.73. The zero-order valence-electron chi connectivity index (χ0n) is 16.9. The molecule has 2 aromatic carbocycles. The number of likely N-dealkylation sites (tertiary alicyclic amines) is 1. The van der Waals surface area contributed by atoms with Gasteiger partial charge in [0, 0.05) is 22.9 Å². The highest BCUT2D eigenvalue weighted by Crippen LogP contribution is 2.49. The molecule has 1 fully saturated rings. The van der Waals surface area contributed by atoms with Crippen molar-refractivity contribution < 1.29 is 18.3 Å². The summed E-state index contributed by atoms with van der Waals surface area (Å²) >= 11 is 1.54. The quantitative estimate of drug-likeness (QED) is 0.620. The molecule has 0 saturated carbocycles. The number of halogens is 3. The molecule has 30 heavy (non-hydrogen) atoms. The van der Waals surface area contributed by atoms with Crippen molar-refractivity contribution >= 4 is 23.1 Å². The summed E-state index contributed by atoms with van der Waals surface area (Å²) in [7, 11) is 0. The van der Waals surface area contributed by atoms with Gasteiger partial charge in [0.1, 0.15) is 0 Å². The van der Waals surface area contributed by atoms with Gasteiger partial charge in [-0.05, 0) is 75.0 Å². The molecule has 7 heteroatoms. The van der Waals surface area contributed by atoms with E-state index < -0.39 is 11.7 Å². The first-order valence-electron chi connectivity index (χ1n) is 10.5. The van der Waals surface area contributed by atoms with Crippen LogP contribution in [0.1, 0.15) is 31.2 Å². The number of aliphatic hydroxyl groups excluding tert-OH is 1. The Balaban J connectivity index is 1.47. The van der Waals surface area contributed by atoms with Crippen LogP contribution in [0.4, 0.5) is 24.5 Å². The average molecular weight is 437 g/mol. The van der Waals surface area contributed by atoms with E-state index in [2.05, 4.69) is 9.80 Å². The number of fused-ring (bicyclic) bond motifs is 2. The van der Waals surface area contributed by atoms with Gasteiger partial charge in [0.2, 0.25) is 0 Å². The van der Waals surface area contributed by atoms with Gasteiger partial charge in [0.05, 0.1) is 23.5 Å². The molecule has 3 nitrogen and oxygen atoms in total. The van der Waals surface area contributed by atoms with Crippen molar-refractivity contribution in [3.8, 4) is 0 Å². The fourth-order valence-corrected chi connectivity index (χ4v) is 5.50. The molecule has 0 amide bonds. The van der Waals surface area contributed by atoms with E-state index in [0.717, 1.165) is 60.8 Å². The van der Waals surface area contributed by atoms with Crippen molar-refractivity contribution in [2.45, 2.75) is 41.7 Å². The molecule has 1 N–H and O–H groups in total. The van der Waals surface area contributed by atoms with E-state index in [-0.39, 0.29) is 6.61 Å². The first-order valence-corrected chi connectivity index (χ1v) is 11.4. The summed E-state index contributed by atoms with van der Waals surface area (Å²) in [6.07, 6.45) is -0.0697. The maximum atomic E-state index is 13.3. The van der Waals surface area contributed by atoms with Gasteiger partial charge in [-0.15, -0.1) is 0 Å². The predicted molar refractivity (Wildman–Crippen MR) is 114 cm³/mol. The van der Waals surface area contributed by atoms with Gasteiger partial charge in [0.25, 0.3) is 0 Å². The van der Waals surface area contributed by atoms with E-state index in [1.807, 2.05) is 24.3 Å². The minimum Gasteiger partial charge on any atom is -0.395 e. The number of β-amino-alcohol motifs (C(OH)–C–C–N with tert-alkyl or cyclic N) is 1. The molecule has 0 bridgehead atoms. The molecule has 2 aromatic rings. The van der Waals surface area contributed by atoms with Crippen molar-refractivity contribution in [2.75, 3.05) is 37.7 Å². The highest BCUT2D eigenvalue weighted by molar-refractivity contribution is 7.99. The van der Waals surface area contributed by atoms with Crippen LogP contribution in [0.15, 0.2) is 52.3 Å². The summed E-state index contributed by atoms with van der Waals surface area (Å²) in [6, 6.07) is 12.0. The van der Waals surface area contributed by atoms with Crippen molar-refractivity contribution in [3.05, 3.63) is 48.0 Å². The maximum absolute atomic E-state index is 13.3. The second-order valence-electron chi connectivity index (χ2n) is 8.05. The van der Waals surface area contributed by atoms with Crippen molar-refractivity contribution in [1.29, 1.82) is 0 Å². The number of hydrogen-bond acceptors (Lipinski definition) is 4. The zero-order chi connectivity index (χ0) is 21.1. The van der Waals surface area contributed by atoms with Crippen LogP contribution in [0.25, 0.3) is 0 Å². The largest absolute Gasteiger partial charge is 0.416 e. The number of hydrogen-bond donors (Lipinski definition) is 1. The Morgan fingerprint density at radius 3 is 2.43 bits per heavy atom. The Morgan fingerprint density at radius 1 is 0.967 bits per heavy atom. The summed E-state index contributed by atoms with van der Waals surface area (Å²) in [4.78, 5) is 6.32. The highest BCUT2D eigenvalue weighted by Gasteiger charge is 2.33. The number of alkyl halides is 3. The van der Waals surface area contributed by atoms with Crippen molar-refractivity contribution in [2.24, 2.45) is 5.92 Å². The molecule has 1 saturated heterocycles. The van der Waals surface area contributed by atoms with Crippen LogP contribution >= 0.6 is 11.8 Å². The Morgan fingerprint density at radius 2 is 1.70 bits per heavy atom. The first kappa shape index (κ1) is 21.5. The Kier molecular flexibility index (Phi) is 6.60. The van der Waals surface area contributed by atoms with Crippen molar-refractivity contribution in [1.82, 2.24) is 4.90 Å². The van der Waals surface area contributed by atoms with E-state index in [1.165, 1.54) is 23.9 Å². The highest BCUT2D eigenvalue weighted by atomic mass is 32.2. The van der Waals surface area contributed by atoms with E-state index in [1.54, 1.807) is 6.07 Å². The lowest BCUT2D eigenvalue weighted by Gasteiger charge is -2.35. The number of anilines is 2. The third-order valence-corrected chi connectivity index (χ3v) is 7.20. The van der Waals surface area contributed by atoms with Crippen LogP contribution in [0.3, 0.4) is 0 Å². The number of aliphatic hydroxyl groups is 1. The molecule has 2 heterocycles. The monoisotopic (exact) mass is 436 g/mol. The first-order chi connectivity index (χ1) is 14.5. The molecule has 2 aliphatic heterocycles. The van der Waals surface area contributed by atoms with Gasteiger partial charge in [-0.3, -0.25) is 0 Å². The lowest BCUT2D eigenvalue weighted by molar-refractivity contribution is -0.137. The molecular formula is C23H27F3N2OS. The van der Waals surface area contributed by atoms with E-state index in [4.69, 9.17) is 5.11 Å². The molecule has 4 rings (SSSR count). The lowest BCUT2D eigenvalue weighted by Crippen LogP contribution is -2.35. The van der Waals surface area contributed by atoms with Crippen LogP contribution in [0.2, 0.25) is 0 Å². The zero-order valence-corrected chi connectivity index (χ0v) is 17.7. The summed E-state index contributed by atoms with van der Waals surface area (Å²) in [5.41, 5.74) is 1.06. The summed E-state index contributed by atoms with van der Waals surface area (Å²) < 4.78 is 40.0. The summed E-state index contributed by atoms with van der Waals surface area (Å²) in [6.45, 7) is 3.70. The van der Waals surface area contributed by atoms with Gasteiger partial charge in [0.15, 0.2) is 0 Å². The van der Waals surface area contributed by atoms with Gasteiger partial charge in [-0.1, -0.05) is 23.9 Å². The Hall–Kier alpha value is -1.70. The third-order valence-electron chi connectivity index (χ3n) is 6.07. The van der Waals surface area contributed by atoms with Crippen molar-refractivity contribution in [3.63, 3.8) is 0 Å². The molecule has 0 atom stereocenters. The van der Waals surface area contributed by atoms with Gasteiger partial charge >= 0.3 is 6.18 Å². The fraction of sp³-hybridized carbons (Fsp3) is 0.478. The van der Waals surface area contributed by atoms with E-state index in [9.17, 15) is 13.2 Å². The maximum Gasteiger partial charge on any atom is 0.416 e. The van der Waals surface area contributed by atoms with Crippen LogP contribution in [-0.4, -0.2) is 42.8 Å². The second kappa shape index (κ2) is 9.20. The number of para-hydroxylation sites is 1. The summed E-state index contributed by atoms with van der Waals surface area (Å²) in [5.74, 6) is 0.648. The van der Waals surface area contributed by atoms with Gasteiger partial charge in [-0.2, -0.15) is 13.2 Å². The standard InChI is InChI=1S/C23H27F3N2OS/c24-23(25,26)18-7-8-22-20(16-18)28(19-5-1-2-6-21(19)30-22)11-3-4-17-9-12-27(13-10-17)14-15-29/h1-2,5-8,16-17,29H,3-4,9-15H2.